The van der Waals surface area contributed by atoms with Gasteiger partial charge in [0.05, 0.1) is 4.90 Å². The molecule has 0 aromatic heterocycles. The number of aliphatic hydroxyl groups is 1. The highest BCUT2D eigenvalue weighted by atomic mass is 32.2. The van der Waals surface area contributed by atoms with Crippen molar-refractivity contribution in [2.75, 3.05) is 6.61 Å². The summed E-state index contributed by atoms with van der Waals surface area (Å²) in [5, 5.41) is 8.63. The smallest absolute Gasteiger partial charge is 0.241 e. The molecule has 1 aliphatic rings. The van der Waals surface area contributed by atoms with E-state index in [2.05, 4.69) is 16.6 Å². The third kappa shape index (κ3) is 3.10. The molecule has 4 nitrogen and oxygen atoms in total. The van der Waals surface area contributed by atoms with Crippen LogP contribution < -0.4 is 4.72 Å². The van der Waals surface area contributed by atoms with Crippen molar-refractivity contribution in [3.63, 3.8) is 0 Å². The summed E-state index contributed by atoms with van der Waals surface area (Å²) in [4.78, 5) is 0.263. The zero-order chi connectivity index (χ0) is 13.2. The number of hydrogen-bond acceptors (Lipinski definition) is 3. The molecule has 0 radical (unpaired) electrons. The molecule has 1 fully saturated rings. The van der Waals surface area contributed by atoms with Crippen molar-refractivity contribution in [1.29, 1.82) is 0 Å². The van der Waals surface area contributed by atoms with Crippen LogP contribution in [0.1, 0.15) is 24.0 Å². The first kappa shape index (κ1) is 13.1. The van der Waals surface area contributed by atoms with Crippen LogP contribution in [0.15, 0.2) is 23.1 Å². The van der Waals surface area contributed by atoms with E-state index in [-0.39, 0.29) is 17.5 Å². The molecule has 2 rings (SSSR count). The fourth-order valence-corrected chi connectivity index (χ4v) is 3.17. The van der Waals surface area contributed by atoms with Gasteiger partial charge >= 0.3 is 0 Å². The maximum atomic E-state index is 12.1. The Morgan fingerprint density at radius 1 is 1.44 bits per heavy atom. The van der Waals surface area contributed by atoms with Gasteiger partial charge in [0.2, 0.25) is 10.0 Å². The van der Waals surface area contributed by atoms with Crippen molar-refractivity contribution < 1.29 is 13.5 Å². The minimum atomic E-state index is -3.46. The molecule has 0 saturated heterocycles. The first-order valence-corrected chi connectivity index (χ1v) is 7.24. The molecular formula is C13H15NO3S. The van der Waals surface area contributed by atoms with E-state index < -0.39 is 10.0 Å². The molecule has 2 N–H and O–H groups in total. The number of rotatable bonds is 3. The Morgan fingerprint density at radius 2 is 2.17 bits per heavy atom. The zero-order valence-electron chi connectivity index (χ0n) is 10.1. The van der Waals surface area contributed by atoms with Crippen LogP contribution in [0, 0.1) is 18.8 Å². The summed E-state index contributed by atoms with van der Waals surface area (Å²) >= 11 is 0. The molecule has 1 aromatic rings. The molecule has 1 aromatic carbocycles. The van der Waals surface area contributed by atoms with Gasteiger partial charge in [0, 0.05) is 11.6 Å². The van der Waals surface area contributed by atoms with Crippen LogP contribution in [0.4, 0.5) is 0 Å². The summed E-state index contributed by atoms with van der Waals surface area (Å²) in [6.07, 6.45) is 1.81. The third-order valence-electron chi connectivity index (χ3n) is 2.69. The van der Waals surface area contributed by atoms with Crippen molar-refractivity contribution in [3.8, 4) is 11.8 Å². The standard InChI is InChI=1S/C13H15NO3S/c1-10-4-5-11(3-2-8-15)9-13(10)18(16,17)14-12-6-7-12/h4-5,9,12,14-15H,6-8H2,1H3. The van der Waals surface area contributed by atoms with Gasteiger partial charge in [-0.2, -0.15) is 0 Å². The van der Waals surface area contributed by atoms with Crippen LogP contribution in [0.5, 0.6) is 0 Å². The fraction of sp³-hybridized carbons (Fsp3) is 0.385. The second kappa shape index (κ2) is 5.11. The van der Waals surface area contributed by atoms with Gasteiger partial charge in [-0.3, -0.25) is 0 Å². The maximum Gasteiger partial charge on any atom is 0.241 e. The van der Waals surface area contributed by atoms with Gasteiger partial charge in [-0.05, 0) is 37.5 Å². The molecule has 0 amide bonds. The Morgan fingerprint density at radius 3 is 2.78 bits per heavy atom. The van der Waals surface area contributed by atoms with Crippen LogP contribution >= 0.6 is 0 Å². The van der Waals surface area contributed by atoms with Crippen molar-refractivity contribution in [2.24, 2.45) is 0 Å². The summed E-state index contributed by atoms with van der Waals surface area (Å²) < 4.78 is 26.9. The lowest BCUT2D eigenvalue weighted by Crippen LogP contribution is -2.26. The Hall–Kier alpha value is -1.35. The number of aliphatic hydroxyl groups excluding tert-OH is 1. The van der Waals surface area contributed by atoms with Gasteiger partial charge in [0.15, 0.2) is 0 Å². The van der Waals surface area contributed by atoms with Crippen molar-refractivity contribution in [1.82, 2.24) is 4.72 Å². The quantitative estimate of drug-likeness (QED) is 0.794. The molecular weight excluding hydrogens is 250 g/mol. The normalized spacial score (nSPS) is 15.0. The molecule has 18 heavy (non-hydrogen) atoms. The molecule has 1 aliphatic carbocycles. The first-order valence-electron chi connectivity index (χ1n) is 5.75. The molecule has 0 atom stereocenters. The Balaban J connectivity index is 2.36. The molecule has 0 heterocycles. The molecule has 96 valence electrons. The predicted molar refractivity (Wildman–Crippen MR) is 68.5 cm³/mol. The van der Waals surface area contributed by atoms with Crippen LogP contribution in [-0.2, 0) is 10.0 Å². The van der Waals surface area contributed by atoms with Gasteiger partial charge in [0.1, 0.15) is 6.61 Å². The average molecular weight is 265 g/mol. The van der Waals surface area contributed by atoms with Crippen molar-refractivity contribution in [2.45, 2.75) is 30.7 Å². The Labute approximate surface area is 107 Å². The second-order valence-electron chi connectivity index (χ2n) is 4.34. The van der Waals surface area contributed by atoms with E-state index in [4.69, 9.17) is 5.11 Å². The number of sulfonamides is 1. The molecule has 0 aliphatic heterocycles. The fourth-order valence-electron chi connectivity index (χ4n) is 1.59. The summed E-state index contributed by atoms with van der Waals surface area (Å²) in [5.41, 5.74) is 1.28. The van der Waals surface area contributed by atoms with E-state index in [9.17, 15) is 8.42 Å². The topological polar surface area (TPSA) is 66.4 Å². The molecule has 0 unspecified atom stereocenters. The van der Waals surface area contributed by atoms with E-state index in [1.165, 1.54) is 0 Å². The number of benzene rings is 1. The van der Waals surface area contributed by atoms with Crippen LogP contribution in [0.25, 0.3) is 0 Å². The summed E-state index contributed by atoms with van der Waals surface area (Å²) in [5.74, 6) is 5.22. The summed E-state index contributed by atoms with van der Waals surface area (Å²) in [6.45, 7) is 1.51. The lowest BCUT2D eigenvalue weighted by atomic mass is 10.1. The van der Waals surface area contributed by atoms with Gasteiger partial charge in [-0.25, -0.2) is 13.1 Å². The molecule has 0 spiro atoms. The van der Waals surface area contributed by atoms with Crippen LogP contribution in [-0.4, -0.2) is 26.2 Å². The average Bonchev–Trinajstić information content (AvgIpc) is 3.11. The zero-order valence-corrected chi connectivity index (χ0v) is 10.9. The van der Waals surface area contributed by atoms with E-state index in [1.807, 2.05) is 0 Å². The molecule has 1 saturated carbocycles. The third-order valence-corrected chi connectivity index (χ3v) is 4.35. The van der Waals surface area contributed by atoms with E-state index in [1.54, 1.807) is 25.1 Å². The number of nitrogens with one attached hydrogen (secondary N) is 1. The van der Waals surface area contributed by atoms with E-state index in [0.29, 0.717) is 11.1 Å². The van der Waals surface area contributed by atoms with E-state index in [0.717, 1.165) is 12.8 Å². The SMILES string of the molecule is Cc1ccc(C#CCO)cc1S(=O)(=O)NC1CC1. The molecule has 5 heteroatoms. The lowest BCUT2D eigenvalue weighted by Gasteiger charge is -2.08. The van der Waals surface area contributed by atoms with E-state index >= 15 is 0 Å². The number of hydrogen-bond donors (Lipinski definition) is 2. The van der Waals surface area contributed by atoms with Gasteiger partial charge in [0.25, 0.3) is 0 Å². The Kier molecular flexibility index (Phi) is 3.71. The minimum absolute atomic E-state index is 0.0848. The predicted octanol–water partition coefficient (Wildman–Crippen LogP) is 0.780. The van der Waals surface area contributed by atoms with Gasteiger partial charge < -0.3 is 5.11 Å². The minimum Gasteiger partial charge on any atom is -0.384 e. The Bertz CT molecular complexity index is 607. The lowest BCUT2D eigenvalue weighted by molar-refractivity contribution is 0.350. The summed E-state index contributed by atoms with van der Waals surface area (Å²) in [6, 6.07) is 5.10. The van der Waals surface area contributed by atoms with Crippen molar-refractivity contribution >= 4 is 10.0 Å². The highest BCUT2D eigenvalue weighted by Crippen LogP contribution is 2.24. The largest absolute Gasteiger partial charge is 0.384 e. The maximum absolute atomic E-state index is 12.1. The van der Waals surface area contributed by atoms with Crippen LogP contribution in [0.2, 0.25) is 0 Å². The first-order chi connectivity index (χ1) is 8.53. The monoisotopic (exact) mass is 265 g/mol. The number of aryl methyl sites for hydroxylation is 1. The molecule has 0 bridgehead atoms. The van der Waals surface area contributed by atoms with Gasteiger partial charge in [-0.15, -0.1) is 0 Å². The summed E-state index contributed by atoms with van der Waals surface area (Å²) in [7, 11) is -3.46. The van der Waals surface area contributed by atoms with Crippen LogP contribution in [0.3, 0.4) is 0 Å². The van der Waals surface area contributed by atoms with Crippen molar-refractivity contribution in [3.05, 3.63) is 29.3 Å². The highest BCUT2D eigenvalue weighted by Gasteiger charge is 2.28. The van der Waals surface area contributed by atoms with Gasteiger partial charge in [-0.1, -0.05) is 17.9 Å². The highest BCUT2D eigenvalue weighted by molar-refractivity contribution is 7.89. The second-order valence-corrected chi connectivity index (χ2v) is 6.02.